The van der Waals surface area contributed by atoms with Gasteiger partial charge in [-0.25, -0.2) is 0 Å². The van der Waals surface area contributed by atoms with Crippen molar-refractivity contribution in [3.63, 3.8) is 0 Å². The number of aromatic nitrogens is 4. The number of fused-ring (bicyclic) bond motifs is 3. The number of methoxy groups -OCH3 is 1. The van der Waals surface area contributed by atoms with Crippen LogP contribution in [-0.2, 0) is 6.54 Å². The van der Waals surface area contributed by atoms with E-state index in [1.165, 1.54) is 0 Å². The monoisotopic (exact) mass is 472 g/mol. The molecule has 2 aromatic heterocycles. The Labute approximate surface area is 201 Å². The summed E-state index contributed by atoms with van der Waals surface area (Å²) >= 11 is 1.61. The van der Waals surface area contributed by atoms with Crippen LogP contribution >= 0.6 is 11.8 Å². The molecule has 8 heteroatoms. The molecule has 5 aromatic rings. The van der Waals surface area contributed by atoms with E-state index in [9.17, 15) is 4.79 Å². The zero-order chi connectivity index (χ0) is 23.3. The molecule has 2 heterocycles. The average Bonchev–Trinajstić information content (AvgIpc) is 3.31. The molecule has 3 aromatic carbocycles. The maximum Gasteiger partial charge on any atom is 0.263 e. The Hall–Kier alpha value is -3.78. The van der Waals surface area contributed by atoms with Gasteiger partial charge in [-0.15, -0.1) is 10.2 Å². The Morgan fingerprint density at radius 2 is 1.62 bits per heavy atom. The number of nitrogens with zero attached hydrogens (tertiary/aromatic N) is 4. The van der Waals surface area contributed by atoms with Crippen LogP contribution in [0.15, 0.2) is 88.8 Å². The highest BCUT2D eigenvalue weighted by atomic mass is 32.2. The van der Waals surface area contributed by atoms with Crippen LogP contribution in [0.1, 0.15) is 12.0 Å². The van der Waals surface area contributed by atoms with E-state index >= 15 is 0 Å². The lowest BCUT2D eigenvalue weighted by Gasteiger charge is -2.11. The Morgan fingerprint density at radius 1 is 0.882 bits per heavy atom. The van der Waals surface area contributed by atoms with Crippen molar-refractivity contribution in [1.82, 2.24) is 19.2 Å². The summed E-state index contributed by atoms with van der Waals surface area (Å²) in [4.78, 5) is 13.3. The van der Waals surface area contributed by atoms with Gasteiger partial charge in [0.15, 0.2) is 5.16 Å². The molecule has 0 spiro atoms. The first-order chi connectivity index (χ1) is 16.7. The number of thioether (sulfide) groups is 1. The summed E-state index contributed by atoms with van der Waals surface area (Å²) in [6.45, 7) is 1.03. The SMILES string of the molecule is COc1ccc(OCCCSc2nnc3n(Cc4ccccc4)c(=O)c4ccccc4n23)cc1. The van der Waals surface area contributed by atoms with Crippen LogP contribution in [0.4, 0.5) is 0 Å². The topological polar surface area (TPSA) is 70.7 Å². The van der Waals surface area contributed by atoms with Crippen LogP contribution in [0.3, 0.4) is 0 Å². The highest BCUT2D eigenvalue weighted by Crippen LogP contribution is 2.23. The molecular weight excluding hydrogens is 448 g/mol. The zero-order valence-electron chi connectivity index (χ0n) is 18.8. The van der Waals surface area contributed by atoms with Crippen molar-refractivity contribution in [2.24, 2.45) is 0 Å². The van der Waals surface area contributed by atoms with E-state index in [1.807, 2.05) is 83.3 Å². The number of rotatable bonds is 9. The number of benzene rings is 3. The summed E-state index contributed by atoms with van der Waals surface area (Å²) in [6, 6.07) is 25.1. The number of hydrogen-bond acceptors (Lipinski definition) is 6. The second-order valence-electron chi connectivity index (χ2n) is 7.74. The molecule has 7 nitrogen and oxygen atoms in total. The molecule has 0 unspecified atom stereocenters. The predicted octanol–water partition coefficient (Wildman–Crippen LogP) is 4.66. The lowest BCUT2D eigenvalue weighted by Crippen LogP contribution is -2.24. The second-order valence-corrected chi connectivity index (χ2v) is 8.80. The summed E-state index contributed by atoms with van der Waals surface area (Å²) in [6.07, 6.45) is 0.840. The highest BCUT2D eigenvalue weighted by molar-refractivity contribution is 7.99. The van der Waals surface area contributed by atoms with E-state index in [-0.39, 0.29) is 5.56 Å². The van der Waals surface area contributed by atoms with Crippen molar-refractivity contribution in [2.75, 3.05) is 19.5 Å². The normalized spacial score (nSPS) is 11.2. The van der Waals surface area contributed by atoms with E-state index in [4.69, 9.17) is 9.47 Å². The van der Waals surface area contributed by atoms with Gasteiger partial charge in [0.2, 0.25) is 5.78 Å². The Kier molecular flexibility index (Phi) is 6.49. The average molecular weight is 473 g/mol. The minimum atomic E-state index is -0.0659. The first-order valence-electron chi connectivity index (χ1n) is 11.0. The molecule has 0 bridgehead atoms. The Balaban J connectivity index is 1.36. The van der Waals surface area contributed by atoms with Crippen molar-refractivity contribution in [1.29, 1.82) is 0 Å². The van der Waals surface area contributed by atoms with Crippen molar-refractivity contribution in [2.45, 2.75) is 18.1 Å². The molecular formula is C26H24N4O3S. The molecule has 172 valence electrons. The number of hydrogen-bond donors (Lipinski definition) is 0. The number of ether oxygens (including phenoxy) is 2. The van der Waals surface area contributed by atoms with Crippen LogP contribution in [-0.4, -0.2) is 38.6 Å². The quantitative estimate of drug-likeness (QED) is 0.230. The van der Waals surface area contributed by atoms with Gasteiger partial charge in [0.1, 0.15) is 11.5 Å². The predicted molar refractivity (Wildman–Crippen MR) is 134 cm³/mol. The van der Waals surface area contributed by atoms with E-state index in [1.54, 1.807) is 23.4 Å². The van der Waals surface area contributed by atoms with Crippen molar-refractivity contribution >= 4 is 28.4 Å². The van der Waals surface area contributed by atoms with Gasteiger partial charge in [0.25, 0.3) is 5.56 Å². The molecule has 0 amide bonds. The van der Waals surface area contributed by atoms with Gasteiger partial charge in [-0.3, -0.25) is 13.8 Å². The third kappa shape index (κ3) is 4.49. The Bertz CT molecular complexity index is 1460. The van der Waals surface area contributed by atoms with E-state index < -0.39 is 0 Å². The molecule has 0 aliphatic carbocycles. The van der Waals surface area contributed by atoms with Crippen LogP contribution < -0.4 is 15.0 Å². The molecule has 0 atom stereocenters. The fourth-order valence-electron chi connectivity index (χ4n) is 3.82. The minimum absolute atomic E-state index is 0.0659. The highest BCUT2D eigenvalue weighted by Gasteiger charge is 2.17. The van der Waals surface area contributed by atoms with E-state index in [2.05, 4.69) is 10.2 Å². The first-order valence-corrected chi connectivity index (χ1v) is 12.0. The third-order valence-electron chi connectivity index (χ3n) is 5.51. The zero-order valence-corrected chi connectivity index (χ0v) is 19.6. The summed E-state index contributed by atoms with van der Waals surface area (Å²) in [7, 11) is 1.64. The molecule has 5 rings (SSSR count). The molecule has 0 aliphatic rings. The summed E-state index contributed by atoms with van der Waals surface area (Å²) < 4.78 is 14.7. The summed E-state index contributed by atoms with van der Waals surface area (Å²) in [5.41, 5.74) is 1.78. The largest absolute Gasteiger partial charge is 0.497 e. The van der Waals surface area contributed by atoms with Gasteiger partial charge in [0, 0.05) is 5.75 Å². The Morgan fingerprint density at radius 3 is 2.41 bits per heavy atom. The fourth-order valence-corrected chi connectivity index (χ4v) is 4.67. The van der Waals surface area contributed by atoms with Crippen LogP contribution in [0.5, 0.6) is 11.5 Å². The van der Waals surface area contributed by atoms with Crippen molar-refractivity contribution in [3.05, 3.63) is 94.8 Å². The second kappa shape index (κ2) is 10.0. The lowest BCUT2D eigenvalue weighted by atomic mass is 10.2. The van der Waals surface area contributed by atoms with Crippen molar-refractivity contribution in [3.8, 4) is 11.5 Å². The van der Waals surface area contributed by atoms with Crippen LogP contribution in [0.2, 0.25) is 0 Å². The molecule has 0 radical (unpaired) electrons. The standard InChI is InChI=1S/C26H24N4O3S/c1-32-20-12-14-21(15-13-20)33-16-7-17-34-26-28-27-25-29(18-19-8-3-2-4-9-19)24(31)22-10-5-6-11-23(22)30(25)26/h2-6,8-15H,7,16-18H2,1H3. The smallest absolute Gasteiger partial charge is 0.263 e. The fraction of sp³-hybridized carbons (Fsp3) is 0.192. The lowest BCUT2D eigenvalue weighted by molar-refractivity contribution is 0.318. The summed E-state index contributed by atoms with van der Waals surface area (Å²) in [5.74, 6) is 2.97. The number of para-hydroxylation sites is 1. The molecule has 0 aliphatic heterocycles. The van der Waals surface area contributed by atoms with Crippen molar-refractivity contribution < 1.29 is 9.47 Å². The van der Waals surface area contributed by atoms with Crippen LogP contribution in [0, 0.1) is 0 Å². The molecule has 0 N–H and O–H groups in total. The van der Waals surface area contributed by atoms with Gasteiger partial charge in [-0.05, 0) is 48.4 Å². The third-order valence-corrected chi connectivity index (χ3v) is 6.52. The maximum atomic E-state index is 13.3. The molecule has 34 heavy (non-hydrogen) atoms. The van der Waals surface area contributed by atoms with Gasteiger partial charge in [-0.2, -0.15) is 0 Å². The van der Waals surface area contributed by atoms with Gasteiger partial charge >= 0.3 is 0 Å². The van der Waals surface area contributed by atoms with Gasteiger partial charge in [-0.1, -0.05) is 54.2 Å². The van der Waals surface area contributed by atoms with Gasteiger partial charge in [0.05, 0.1) is 31.2 Å². The molecule has 0 saturated carbocycles. The van der Waals surface area contributed by atoms with E-state index in [0.29, 0.717) is 24.3 Å². The molecule has 0 saturated heterocycles. The summed E-state index contributed by atoms with van der Waals surface area (Å²) in [5, 5.41) is 10.2. The van der Waals surface area contributed by atoms with Gasteiger partial charge < -0.3 is 9.47 Å². The molecule has 0 fully saturated rings. The first kappa shape index (κ1) is 22.0. The maximum absolute atomic E-state index is 13.3. The minimum Gasteiger partial charge on any atom is -0.497 e. The van der Waals surface area contributed by atoms with E-state index in [0.717, 1.165) is 39.9 Å². The van der Waals surface area contributed by atoms with Crippen LogP contribution in [0.25, 0.3) is 16.7 Å².